The maximum absolute atomic E-state index is 12.2. The van der Waals surface area contributed by atoms with Crippen molar-refractivity contribution in [2.75, 3.05) is 0 Å². The van der Waals surface area contributed by atoms with Gasteiger partial charge >= 0.3 is 0 Å². The summed E-state index contributed by atoms with van der Waals surface area (Å²) in [7, 11) is 0. The molecule has 0 radical (unpaired) electrons. The fourth-order valence-electron chi connectivity index (χ4n) is 2.53. The molecule has 0 unspecified atom stereocenters. The number of hydrogen-bond acceptors (Lipinski definition) is 4. The smallest absolute Gasteiger partial charge is 0.258 e. The van der Waals surface area contributed by atoms with Crippen LogP contribution < -0.4 is 5.56 Å². The summed E-state index contributed by atoms with van der Waals surface area (Å²) in [6.45, 7) is 1.98. The summed E-state index contributed by atoms with van der Waals surface area (Å²) in [5, 5.41) is 1.96. The van der Waals surface area contributed by atoms with Gasteiger partial charge in [-0.15, -0.1) is 0 Å². The number of benzene rings is 2. The quantitative estimate of drug-likeness (QED) is 0.536. The summed E-state index contributed by atoms with van der Waals surface area (Å²) in [6, 6.07) is 12.8. The maximum Gasteiger partial charge on any atom is 0.258 e. The normalized spacial score (nSPS) is 12.8. The van der Waals surface area contributed by atoms with E-state index in [0.717, 1.165) is 16.2 Å². The van der Waals surface area contributed by atoms with E-state index in [9.17, 15) is 4.79 Å². The molecular weight excluding hydrogens is 344 g/mol. The highest BCUT2D eigenvalue weighted by Gasteiger charge is 2.14. The van der Waals surface area contributed by atoms with Crippen molar-refractivity contribution in [2.45, 2.75) is 17.3 Å². The number of nitrogens with one attached hydrogen (secondary N) is 2. The lowest BCUT2D eigenvalue weighted by molar-refractivity contribution is 0.914. The molecule has 7 heteroatoms. The Morgan fingerprint density at radius 1 is 1.08 bits per heavy atom. The molecule has 4 aromatic rings. The summed E-state index contributed by atoms with van der Waals surface area (Å²) in [5.41, 5.74) is 2.31. The average Bonchev–Trinajstić information content (AvgIpc) is 2.96. The number of hydrogen-bond donors (Lipinski definition) is 2. The molecule has 2 aromatic heterocycles. The largest absolute Gasteiger partial charge is 0.333 e. The van der Waals surface area contributed by atoms with Crippen LogP contribution >= 0.6 is 23.4 Å². The highest BCUT2D eigenvalue weighted by molar-refractivity contribution is 7.99. The van der Waals surface area contributed by atoms with Crippen molar-refractivity contribution in [3.8, 4) is 0 Å². The molecule has 2 N–H and O–H groups in total. The predicted octanol–water partition coefficient (Wildman–Crippen LogP) is 4.31. The summed E-state index contributed by atoms with van der Waals surface area (Å²) >= 11 is 7.50. The summed E-state index contributed by atoms with van der Waals surface area (Å²) in [6.07, 6.45) is 0. The summed E-state index contributed by atoms with van der Waals surface area (Å²) in [5.74, 6) is 0.627. The molecule has 2 heterocycles. The van der Waals surface area contributed by atoms with Crippen molar-refractivity contribution in [1.29, 1.82) is 0 Å². The van der Waals surface area contributed by atoms with E-state index in [0.29, 0.717) is 21.7 Å². The molecule has 2 aromatic carbocycles. The van der Waals surface area contributed by atoms with Gasteiger partial charge in [0.1, 0.15) is 5.82 Å². The van der Waals surface area contributed by atoms with Gasteiger partial charge in [0.2, 0.25) is 0 Å². The molecule has 0 spiro atoms. The van der Waals surface area contributed by atoms with E-state index in [4.69, 9.17) is 11.6 Å². The zero-order valence-corrected chi connectivity index (χ0v) is 14.3. The van der Waals surface area contributed by atoms with Gasteiger partial charge in [0, 0.05) is 5.02 Å². The van der Waals surface area contributed by atoms with E-state index >= 15 is 0 Å². The Bertz CT molecular complexity index is 1100. The third kappa shape index (κ3) is 2.79. The van der Waals surface area contributed by atoms with Crippen LogP contribution in [0.25, 0.3) is 21.9 Å². The van der Waals surface area contributed by atoms with Crippen molar-refractivity contribution in [3.63, 3.8) is 0 Å². The molecule has 0 amide bonds. The van der Waals surface area contributed by atoms with Crippen molar-refractivity contribution in [1.82, 2.24) is 19.9 Å². The van der Waals surface area contributed by atoms with Gasteiger partial charge in [0.25, 0.3) is 5.56 Å². The van der Waals surface area contributed by atoms with Crippen molar-refractivity contribution in [2.24, 2.45) is 0 Å². The molecule has 0 saturated heterocycles. The number of fused-ring (bicyclic) bond motifs is 2. The fourth-order valence-corrected chi connectivity index (χ4v) is 3.58. The first-order chi connectivity index (χ1) is 11.6. The molecule has 120 valence electrons. The monoisotopic (exact) mass is 356 g/mol. The van der Waals surface area contributed by atoms with Crippen LogP contribution in [-0.2, 0) is 0 Å². The van der Waals surface area contributed by atoms with Crippen LogP contribution in [0.2, 0.25) is 5.02 Å². The zero-order valence-electron chi connectivity index (χ0n) is 12.7. The van der Waals surface area contributed by atoms with E-state index in [1.54, 1.807) is 6.07 Å². The molecule has 0 aliphatic heterocycles. The highest BCUT2D eigenvalue weighted by atomic mass is 35.5. The van der Waals surface area contributed by atoms with Gasteiger partial charge in [-0.05, 0) is 37.3 Å². The molecule has 0 aliphatic carbocycles. The van der Waals surface area contributed by atoms with Crippen LogP contribution in [0, 0.1) is 0 Å². The molecule has 24 heavy (non-hydrogen) atoms. The van der Waals surface area contributed by atoms with Crippen LogP contribution in [0.4, 0.5) is 0 Å². The van der Waals surface area contributed by atoms with Crippen LogP contribution in [-0.4, -0.2) is 19.9 Å². The van der Waals surface area contributed by atoms with Gasteiger partial charge in [-0.3, -0.25) is 4.79 Å². The Labute approximate surface area is 146 Å². The number of para-hydroxylation sites is 1. The second-order valence-electron chi connectivity index (χ2n) is 5.43. The summed E-state index contributed by atoms with van der Waals surface area (Å²) in [4.78, 5) is 27.4. The average molecular weight is 357 g/mol. The number of imidazole rings is 1. The van der Waals surface area contributed by atoms with E-state index in [-0.39, 0.29) is 10.8 Å². The van der Waals surface area contributed by atoms with E-state index < -0.39 is 0 Å². The van der Waals surface area contributed by atoms with Crippen LogP contribution in [0.15, 0.2) is 52.4 Å². The first kappa shape index (κ1) is 15.2. The van der Waals surface area contributed by atoms with Crippen LogP contribution in [0.5, 0.6) is 0 Å². The minimum atomic E-state index is -0.126. The predicted molar refractivity (Wildman–Crippen MR) is 97.7 cm³/mol. The summed E-state index contributed by atoms with van der Waals surface area (Å²) < 4.78 is 0. The second-order valence-corrected chi connectivity index (χ2v) is 7.20. The minimum Gasteiger partial charge on any atom is -0.333 e. The fraction of sp³-hybridized carbons (Fsp3) is 0.118. The number of aromatic nitrogens is 4. The Hall–Kier alpha value is -2.31. The Kier molecular flexibility index (Phi) is 3.78. The number of aromatic amines is 2. The van der Waals surface area contributed by atoms with E-state index in [1.807, 2.05) is 43.3 Å². The third-order valence-electron chi connectivity index (χ3n) is 3.73. The van der Waals surface area contributed by atoms with Crippen molar-refractivity contribution in [3.05, 3.63) is 63.7 Å². The van der Waals surface area contributed by atoms with Gasteiger partial charge < -0.3 is 9.97 Å². The lowest BCUT2D eigenvalue weighted by Gasteiger charge is -2.09. The van der Waals surface area contributed by atoms with Crippen molar-refractivity contribution >= 4 is 45.3 Å². The van der Waals surface area contributed by atoms with E-state index in [2.05, 4.69) is 19.9 Å². The first-order valence-electron chi connectivity index (χ1n) is 7.41. The SMILES string of the molecule is C[C@H](Sc1nc2ccc(Cl)cc2[nH]1)c1nc2ccccc2c(=O)[nH]1. The van der Waals surface area contributed by atoms with Crippen LogP contribution in [0.1, 0.15) is 18.0 Å². The Morgan fingerprint density at radius 3 is 2.79 bits per heavy atom. The van der Waals surface area contributed by atoms with Crippen LogP contribution in [0.3, 0.4) is 0 Å². The lowest BCUT2D eigenvalue weighted by Crippen LogP contribution is -2.12. The second kappa shape index (κ2) is 5.96. The van der Waals surface area contributed by atoms with Gasteiger partial charge in [0.05, 0.1) is 27.2 Å². The molecular formula is C17H13ClN4OS. The number of rotatable bonds is 3. The molecule has 4 rings (SSSR count). The molecule has 0 fully saturated rings. The van der Waals surface area contributed by atoms with Gasteiger partial charge in [-0.25, -0.2) is 9.97 Å². The number of nitrogens with zero attached hydrogens (tertiary/aromatic N) is 2. The van der Waals surface area contributed by atoms with Gasteiger partial charge in [-0.1, -0.05) is 35.5 Å². The maximum atomic E-state index is 12.2. The number of H-pyrrole nitrogens is 2. The standard InChI is InChI=1S/C17H13ClN4OS/c1-9(15-19-12-5-3-2-4-11(12)16(23)22-15)24-17-20-13-7-6-10(18)8-14(13)21-17/h2-9H,1H3,(H,20,21)(H,19,22,23)/t9-/m0/s1. The lowest BCUT2D eigenvalue weighted by atomic mass is 10.2. The number of thioether (sulfide) groups is 1. The zero-order chi connectivity index (χ0) is 16.7. The minimum absolute atomic E-state index is 0.0571. The molecule has 0 saturated carbocycles. The number of halogens is 1. The van der Waals surface area contributed by atoms with E-state index in [1.165, 1.54) is 11.8 Å². The topological polar surface area (TPSA) is 74.4 Å². The Morgan fingerprint density at radius 2 is 1.92 bits per heavy atom. The Balaban J connectivity index is 1.67. The molecule has 1 atom stereocenters. The molecule has 5 nitrogen and oxygen atoms in total. The van der Waals surface area contributed by atoms with Gasteiger partial charge in [0.15, 0.2) is 5.16 Å². The molecule has 0 aliphatic rings. The van der Waals surface area contributed by atoms with Gasteiger partial charge in [-0.2, -0.15) is 0 Å². The third-order valence-corrected chi connectivity index (χ3v) is 4.96. The highest BCUT2D eigenvalue weighted by Crippen LogP contribution is 2.32. The van der Waals surface area contributed by atoms with Crippen molar-refractivity contribution < 1.29 is 0 Å². The first-order valence-corrected chi connectivity index (χ1v) is 8.67. The molecule has 0 bridgehead atoms.